The molecule has 0 spiro atoms. The summed E-state index contributed by atoms with van der Waals surface area (Å²) in [6, 6.07) is 5.45. The summed E-state index contributed by atoms with van der Waals surface area (Å²) in [7, 11) is 1.62. The summed E-state index contributed by atoms with van der Waals surface area (Å²) in [5, 5.41) is 4.47. The summed E-state index contributed by atoms with van der Waals surface area (Å²) in [6.07, 6.45) is 0. The van der Waals surface area contributed by atoms with Crippen LogP contribution in [0.4, 0.5) is 0 Å². The third kappa shape index (κ3) is 2.63. The van der Waals surface area contributed by atoms with Crippen LogP contribution in [0.1, 0.15) is 11.5 Å². The maximum Gasteiger partial charge on any atom is 0.240 e. The second-order valence-corrected chi connectivity index (χ2v) is 3.89. The van der Waals surface area contributed by atoms with Crippen molar-refractivity contribution in [2.24, 2.45) is 5.73 Å². The number of rotatable bonds is 4. The Morgan fingerprint density at radius 3 is 2.94 bits per heavy atom. The minimum Gasteiger partial charge on any atom is -0.380 e. The SMILES string of the molecule is COCc1ccc(Cl)cc1-c1noc(CN)n1. The van der Waals surface area contributed by atoms with Crippen molar-refractivity contribution in [1.82, 2.24) is 10.1 Å². The molecule has 1 aromatic heterocycles. The first-order valence-electron chi connectivity index (χ1n) is 5.05. The van der Waals surface area contributed by atoms with Crippen molar-refractivity contribution < 1.29 is 9.26 Å². The highest BCUT2D eigenvalue weighted by atomic mass is 35.5. The minimum atomic E-state index is 0.215. The van der Waals surface area contributed by atoms with Crippen LogP contribution >= 0.6 is 11.6 Å². The van der Waals surface area contributed by atoms with Gasteiger partial charge in [0.05, 0.1) is 13.2 Å². The lowest BCUT2D eigenvalue weighted by molar-refractivity contribution is 0.185. The zero-order valence-electron chi connectivity index (χ0n) is 9.31. The van der Waals surface area contributed by atoms with Gasteiger partial charge in [-0.3, -0.25) is 0 Å². The lowest BCUT2D eigenvalue weighted by Gasteiger charge is -2.05. The Kier molecular flexibility index (Phi) is 3.73. The molecule has 0 aliphatic carbocycles. The second-order valence-electron chi connectivity index (χ2n) is 3.45. The first-order valence-corrected chi connectivity index (χ1v) is 5.42. The minimum absolute atomic E-state index is 0.215. The Morgan fingerprint density at radius 2 is 2.29 bits per heavy atom. The number of methoxy groups -OCH3 is 1. The van der Waals surface area contributed by atoms with Crippen LogP contribution in [-0.2, 0) is 17.9 Å². The molecule has 0 unspecified atom stereocenters. The van der Waals surface area contributed by atoms with Crippen molar-refractivity contribution in [3.05, 3.63) is 34.7 Å². The lowest BCUT2D eigenvalue weighted by atomic mass is 10.1. The first kappa shape index (κ1) is 12.0. The zero-order valence-corrected chi connectivity index (χ0v) is 10.1. The van der Waals surface area contributed by atoms with Crippen LogP contribution in [0.15, 0.2) is 22.7 Å². The van der Waals surface area contributed by atoms with Crippen molar-refractivity contribution >= 4 is 11.6 Å². The van der Waals surface area contributed by atoms with Crippen molar-refractivity contribution in [3.63, 3.8) is 0 Å². The van der Waals surface area contributed by atoms with E-state index in [0.717, 1.165) is 11.1 Å². The first-order chi connectivity index (χ1) is 8.24. The van der Waals surface area contributed by atoms with Crippen LogP contribution in [0.3, 0.4) is 0 Å². The van der Waals surface area contributed by atoms with Crippen LogP contribution in [0.25, 0.3) is 11.4 Å². The highest BCUT2D eigenvalue weighted by Gasteiger charge is 2.12. The van der Waals surface area contributed by atoms with E-state index in [4.69, 9.17) is 26.6 Å². The lowest BCUT2D eigenvalue weighted by Crippen LogP contribution is -1.97. The molecular formula is C11H12ClN3O2. The quantitative estimate of drug-likeness (QED) is 0.902. The van der Waals surface area contributed by atoms with Gasteiger partial charge in [0.15, 0.2) is 0 Å². The molecule has 0 saturated heterocycles. The molecule has 0 bridgehead atoms. The maximum absolute atomic E-state index is 5.96. The molecule has 17 heavy (non-hydrogen) atoms. The normalized spacial score (nSPS) is 10.8. The van der Waals surface area contributed by atoms with E-state index in [1.54, 1.807) is 19.2 Å². The van der Waals surface area contributed by atoms with E-state index < -0.39 is 0 Å². The van der Waals surface area contributed by atoms with Gasteiger partial charge in [-0.2, -0.15) is 4.98 Å². The number of benzene rings is 1. The van der Waals surface area contributed by atoms with E-state index in [0.29, 0.717) is 23.3 Å². The molecule has 2 rings (SSSR count). The largest absolute Gasteiger partial charge is 0.380 e. The number of hydrogen-bond acceptors (Lipinski definition) is 5. The molecule has 2 aromatic rings. The van der Waals surface area contributed by atoms with Crippen LogP contribution in [0.2, 0.25) is 5.02 Å². The zero-order chi connectivity index (χ0) is 12.3. The molecular weight excluding hydrogens is 242 g/mol. The monoisotopic (exact) mass is 253 g/mol. The van der Waals surface area contributed by atoms with Gasteiger partial charge in [-0.15, -0.1) is 0 Å². The van der Waals surface area contributed by atoms with Gasteiger partial charge in [0.25, 0.3) is 0 Å². The van der Waals surface area contributed by atoms with Crippen LogP contribution in [-0.4, -0.2) is 17.3 Å². The van der Waals surface area contributed by atoms with Gasteiger partial charge in [-0.25, -0.2) is 0 Å². The number of hydrogen-bond donors (Lipinski definition) is 1. The number of nitrogens with zero attached hydrogens (tertiary/aromatic N) is 2. The molecule has 0 aliphatic heterocycles. The molecule has 2 N–H and O–H groups in total. The van der Waals surface area contributed by atoms with E-state index in [2.05, 4.69) is 10.1 Å². The summed E-state index contributed by atoms with van der Waals surface area (Å²) in [5.74, 6) is 0.864. The standard InChI is InChI=1S/C11H12ClN3O2/c1-16-6-7-2-3-8(12)4-9(7)11-14-10(5-13)17-15-11/h2-4H,5-6,13H2,1H3. The maximum atomic E-state index is 5.96. The van der Waals surface area contributed by atoms with Gasteiger partial charge >= 0.3 is 0 Å². The fourth-order valence-corrected chi connectivity index (χ4v) is 1.66. The summed E-state index contributed by atoms with van der Waals surface area (Å²) in [6.45, 7) is 0.673. The Balaban J connectivity index is 2.44. The molecule has 0 saturated carbocycles. The Morgan fingerprint density at radius 1 is 1.47 bits per heavy atom. The van der Waals surface area contributed by atoms with Gasteiger partial charge < -0.3 is 15.0 Å². The van der Waals surface area contributed by atoms with Crippen molar-refractivity contribution in [2.45, 2.75) is 13.2 Å². The van der Waals surface area contributed by atoms with Gasteiger partial charge in [0.1, 0.15) is 0 Å². The number of halogens is 1. The molecule has 1 aromatic carbocycles. The van der Waals surface area contributed by atoms with Crippen LogP contribution in [0.5, 0.6) is 0 Å². The van der Waals surface area contributed by atoms with E-state index in [-0.39, 0.29) is 6.54 Å². The highest BCUT2D eigenvalue weighted by Crippen LogP contribution is 2.25. The smallest absolute Gasteiger partial charge is 0.240 e. The third-order valence-electron chi connectivity index (χ3n) is 2.26. The fraction of sp³-hybridized carbons (Fsp3) is 0.273. The average Bonchev–Trinajstić information content (AvgIpc) is 2.80. The summed E-state index contributed by atoms with van der Waals surface area (Å²) in [4.78, 5) is 4.17. The number of aromatic nitrogens is 2. The van der Waals surface area contributed by atoms with Gasteiger partial charge in [0.2, 0.25) is 11.7 Å². The van der Waals surface area contributed by atoms with Gasteiger partial charge in [0, 0.05) is 17.7 Å². The summed E-state index contributed by atoms with van der Waals surface area (Å²) < 4.78 is 10.1. The summed E-state index contributed by atoms with van der Waals surface area (Å²) in [5.41, 5.74) is 7.16. The number of ether oxygens (including phenoxy) is 1. The second kappa shape index (κ2) is 5.27. The molecule has 6 heteroatoms. The number of nitrogens with two attached hydrogens (primary N) is 1. The van der Waals surface area contributed by atoms with Crippen molar-refractivity contribution in [1.29, 1.82) is 0 Å². The van der Waals surface area contributed by atoms with E-state index >= 15 is 0 Å². The van der Waals surface area contributed by atoms with Crippen LogP contribution < -0.4 is 5.73 Å². The van der Waals surface area contributed by atoms with Crippen molar-refractivity contribution in [3.8, 4) is 11.4 Å². The van der Waals surface area contributed by atoms with E-state index in [1.807, 2.05) is 6.07 Å². The van der Waals surface area contributed by atoms with E-state index in [9.17, 15) is 0 Å². The van der Waals surface area contributed by atoms with Gasteiger partial charge in [-0.05, 0) is 17.7 Å². The average molecular weight is 254 g/mol. The molecule has 0 amide bonds. The molecule has 0 aliphatic rings. The predicted molar refractivity (Wildman–Crippen MR) is 63.3 cm³/mol. The topological polar surface area (TPSA) is 74.2 Å². The molecule has 0 radical (unpaired) electrons. The predicted octanol–water partition coefficient (Wildman–Crippen LogP) is 2.00. The Hall–Kier alpha value is -1.43. The van der Waals surface area contributed by atoms with Crippen LogP contribution in [0, 0.1) is 0 Å². The Labute approximate surface area is 104 Å². The fourth-order valence-electron chi connectivity index (χ4n) is 1.49. The summed E-state index contributed by atoms with van der Waals surface area (Å²) >= 11 is 5.96. The molecule has 5 nitrogen and oxygen atoms in total. The molecule has 90 valence electrons. The van der Waals surface area contributed by atoms with Gasteiger partial charge in [-0.1, -0.05) is 22.8 Å². The Bertz CT molecular complexity index is 513. The van der Waals surface area contributed by atoms with Crippen molar-refractivity contribution in [2.75, 3.05) is 7.11 Å². The molecule has 1 heterocycles. The highest BCUT2D eigenvalue weighted by molar-refractivity contribution is 6.30. The third-order valence-corrected chi connectivity index (χ3v) is 2.49. The molecule has 0 fully saturated rings. The molecule has 0 atom stereocenters. The van der Waals surface area contributed by atoms with E-state index in [1.165, 1.54) is 0 Å².